The summed E-state index contributed by atoms with van der Waals surface area (Å²) in [5.41, 5.74) is 2.62. The molecule has 0 aliphatic carbocycles. The van der Waals surface area contributed by atoms with Gasteiger partial charge in [0.2, 0.25) is 0 Å². The van der Waals surface area contributed by atoms with Gasteiger partial charge in [-0.2, -0.15) is 0 Å². The third kappa shape index (κ3) is 1.95. The van der Waals surface area contributed by atoms with Crippen molar-refractivity contribution in [2.45, 2.75) is 6.42 Å². The maximum absolute atomic E-state index is 6.18. The minimum Gasteiger partial charge on any atom is -0.492 e. The average Bonchev–Trinajstić information content (AvgIpc) is 2.82. The molecular formula is C13H8Cl3NO. The van der Waals surface area contributed by atoms with E-state index in [1.54, 1.807) is 6.07 Å². The molecule has 1 aromatic heterocycles. The number of benzene rings is 1. The van der Waals surface area contributed by atoms with Gasteiger partial charge >= 0.3 is 0 Å². The van der Waals surface area contributed by atoms with Gasteiger partial charge in [0.15, 0.2) is 0 Å². The minimum absolute atomic E-state index is 0.242. The first kappa shape index (κ1) is 12.1. The van der Waals surface area contributed by atoms with Crippen LogP contribution in [0.4, 0.5) is 0 Å². The Kier molecular flexibility index (Phi) is 3.10. The second-order valence-electron chi connectivity index (χ2n) is 3.98. The molecule has 18 heavy (non-hydrogen) atoms. The van der Waals surface area contributed by atoms with Gasteiger partial charge in [0.05, 0.1) is 22.3 Å². The highest BCUT2D eigenvalue weighted by molar-refractivity contribution is 6.43. The molecule has 3 rings (SSSR count). The van der Waals surface area contributed by atoms with Crippen LogP contribution < -0.4 is 4.74 Å². The van der Waals surface area contributed by atoms with Crippen molar-refractivity contribution in [3.63, 3.8) is 0 Å². The topological polar surface area (TPSA) is 22.1 Å². The van der Waals surface area contributed by atoms with E-state index in [-0.39, 0.29) is 5.15 Å². The van der Waals surface area contributed by atoms with Crippen LogP contribution in [0.3, 0.4) is 0 Å². The number of ether oxygens (including phenoxy) is 1. The molecule has 0 unspecified atom stereocenters. The lowest BCUT2D eigenvalue weighted by molar-refractivity contribution is 0.358. The summed E-state index contributed by atoms with van der Waals surface area (Å²) in [6, 6.07) is 7.52. The number of para-hydroxylation sites is 1. The standard InChI is InChI=1S/C13H8Cl3NO/c14-9-6-10(15)13(16)17-11(9)8-3-1-2-7-4-5-18-12(7)8/h1-3,6H,4-5H2. The van der Waals surface area contributed by atoms with E-state index in [0.29, 0.717) is 22.3 Å². The zero-order valence-electron chi connectivity index (χ0n) is 9.21. The molecule has 0 radical (unpaired) electrons. The molecular weight excluding hydrogens is 293 g/mol. The maximum atomic E-state index is 6.18. The van der Waals surface area contributed by atoms with E-state index in [9.17, 15) is 0 Å². The van der Waals surface area contributed by atoms with E-state index in [0.717, 1.165) is 23.3 Å². The Bertz CT molecular complexity index is 628. The van der Waals surface area contributed by atoms with Crippen molar-refractivity contribution in [3.8, 4) is 17.0 Å². The second kappa shape index (κ2) is 4.61. The number of hydrogen-bond donors (Lipinski definition) is 0. The Morgan fingerprint density at radius 3 is 2.78 bits per heavy atom. The fourth-order valence-electron chi connectivity index (χ4n) is 2.03. The molecule has 0 atom stereocenters. The first-order chi connectivity index (χ1) is 8.66. The molecule has 1 aliphatic heterocycles. The van der Waals surface area contributed by atoms with Crippen molar-refractivity contribution in [2.75, 3.05) is 6.61 Å². The van der Waals surface area contributed by atoms with Crippen LogP contribution in [0.15, 0.2) is 24.3 Å². The summed E-state index contributed by atoms with van der Waals surface area (Å²) in [7, 11) is 0. The highest BCUT2D eigenvalue weighted by Crippen LogP contribution is 2.40. The highest BCUT2D eigenvalue weighted by atomic mass is 35.5. The van der Waals surface area contributed by atoms with Gasteiger partial charge in [-0.3, -0.25) is 0 Å². The predicted octanol–water partition coefficient (Wildman–Crippen LogP) is 4.64. The van der Waals surface area contributed by atoms with Crippen LogP contribution >= 0.6 is 34.8 Å². The Morgan fingerprint density at radius 2 is 1.94 bits per heavy atom. The minimum atomic E-state index is 0.242. The first-order valence-corrected chi connectivity index (χ1v) is 6.57. The molecule has 2 aromatic rings. The van der Waals surface area contributed by atoms with E-state index < -0.39 is 0 Å². The van der Waals surface area contributed by atoms with Gasteiger partial charge in [0.1, 0.15) is 10.9 Å². The van der Waals surface area contributed by atoms with Crippen LogP contribution in [-0.4, -0.2) is 11.6 Å². The van der Waals surface area contributed by atoms with Crippen molar-refractivity contribution in [1.82, 2.24) is 4.98 Å². The van der Waals surface area contributed by atoms with Crippen molar-refractivity contribution < 1.29 is 4.74 Å². The van der Waals surface area contributed by atoms with E-state index in [1.807, 2.05) is 18.2 Å². The van der Waals surface area contributed by atoms with Crippen molar-refractivity contribution in [1.29, 1.82) is 0 Å². The number of rotatable bonds is 1. The van der Waals surface area contributed by atoms with Gasteiger partial charge in [-0.25, -0.2) is 4.98 Å². The second-order valence-corrected chi connectivity index (χ2v) is 5.16. The average molecular weight is 301 g/mol. The number of aromatic nitrogens is 1. The van der Waals surface area contributed by atoms with Crippen LogP contribution in [0.1, 0.15) is 5.56 Å². The molecule has 1 aromatic carbocycles. The molecule has 0 fully saturated rings. The number of halogens is 3. The van der Waals surface area contributed by atoms with Gasteiger partial charge in [0, 0.05) is 12.0 Å². The van der Waals surface area contributed by atoms with Crippen LogP contribution in [0.2, 0.25) is 15.2 Å². The fraction of sp³-hybridized carbons (Fsp3) is 0.154. The van der Waals surface area contributed by atoms with Gasteiger partial charge < -0.3 is 4.74 Å². The lowest BCUT2D eigenvalue weighted by Crippen LogP contribution is -1.92. The van der Waals surface area contributed by atoms with Gasteiger partial charge in [-0.05, 0) is 17.7 Å². The quantitative estimate of drug-likeness (QED) is 0.716. The lowest BCUT2D eigenvalue weighted by Gasteiger charge is -2.09. The summed E-state index contributed by atoms with van der Waals surface area (Å²) in [5.74, 6) is 0.838. The summed E-state index contributed by atoms with van der Waals surface area (Å²) in [6.07, 6.45) is 0.905. The van der Waals surface area contributed by atoms with Crippen molar-refractivity contribution in [3.05, 3.63) is 45.0 Å². The molecule has 0 bridgehead atoms. The van der Waals surface area contributed by atoms with Crippen molar-refractivity contribution in [2.24, 2.45) is 0 Å². The largest absolute Gasteiger partial charge is 0.492 e. The third-order valence-electron chi connectivity index (χ3n) is 2.86. The van der Waals surface area contributed by atoms with Gasteiger partial charge in [-0.15, -0.1) is 0 Å². The summed E-state index contributed by atoms with van der Waals surface area (Å²) in [6.45, 7) is 0.686. The van der Waals surface area contributed by atoms with Crippen LogP contribution in [0.25, 0.3) is 11.3 Å². The lowest BCUT2D eigenvalue weighted by atomic mass is 10.1. The van der Waals surface area contributed by atoms with Crippen LogP contribution in [-0.2, 0) is 6.42 Å². The Morgan fingerprint density at radius 1 is 1.11 bits per heavy atom. The van der Waals surface area contributed by atoms with E-state index in [2.05, 4.69) is 4.98 Å². The van der Waals surface area contributed by atoms with E-state index >= 15 is 0 Å². The first-order valence-electron chi connectivity index (χ1n) is 5.43. The summed E-state index contributed by atoms with van der Waals surface area (Å²) in [5, 5.41) is 1.05. The van der Waals surface area contributed by atoms with Crippen LogP contribution in [0.5, 0.6) is 5.75 Å². The number of hydrogen-bond acceptors (Lipinski definition) is 2. The molecule has 2 nitrogen and oxygen atoms in total. The molecule has 0 spiro atoms. The molecule has 0 saturated carbocycles. The van der Waals surface area contributed by atoms with Gasteiger partial charge in [-0.1, -0.05) is 46.9 Å². The van der Waals surface area contributed by atoms with E-state index in [1.165, 1.54) is 0 Å². The monoisotopic (exact) mass is 299 g/mol. The molecule has 0 amide bonds. The summed E-state index contributed by atoms with van der Waals surface area (Å²) >= 11 is 18.0. The zero-order chi connectivity index (χ0) is 12.7. The summed E-state index contributed by atoms with van der Waals surface area (Å²) < 4.78 is 5.63. The molecule has 0 saturated heterocycles. The smallest absolute Gasteiger partial charge is 0.148 e. The zero-order valence-corrected chi connectivity index (χ0v) is 11.5. The number of nitrogens with zero attached hydrogens (tertiary/aromatic N) is 1. The van der Waals surface area contributed by atoms with E-state index in [4.69, 9.17) is 39.5 Å². The number of pyridine rings is 1. The van der Waals surface area contributed by atoms with Crippen molar-refractivity contribution >= 4 is 34.8 Å². The van der Waals surface area contributed by atoms with Crippen LogP contribution in [0, 0.1) is 0 Å². The third-order valence-corrected chi connectivity index (χ3v) is 3.82. The molecule has 92 valence electrons. The fourth-order valence-corrected chi connectivity index (χ4v) is 2.63. The highest BCUT2D eigenvalue weighted by Gasteiger charge is 2.20. The normalized spacial score (nSPS) is 13.3. The molecule has 2 heterocycles. The Labute approximate surface area is 119 Å². The van der Waals surface area contributed by atoms with Gasteiger partial charge in [0.25, 0.3) is 0 Å². The summed E-state index contributed by atoms with van der Waals surface area (Å²) in [4.78, 5) is 4.24. The Balaban J connectivity index is 2.22. The number of fused-ring (bicyclic) bond motifs is 1. The SMILES string of the molecule is Clc1cc(Cl)c(-c2cccc3c2OCC3)nc1Cl. The Hall–Kier alpha value is -0.960. The maximum Gasteiger partial charge on any atom is 0.148 e. The molecule has 5 heteroatoms. The molecule has 1 aliphatic rings. The predicted molar refractivity (Wildman–Crippen MR) is 73.9 cm³/mol. The molecule has 0 N–H and O–H groups in total.